The van der Waals surface area contributed by atoms with E-state index in [-0.39, 0.29) is 29.6 Å². The molecule has 0 aliphatic rings. The summed E-state index contributed by atoms with van der Waals surface area (Å²) in [4.78, 5) is 38.4. The van der Waals surface area contributed by atoms with Gasteiger partial charge in [-0.1, -0.05) is 0 Å². The molecule has 0 amide bonds. The Balaban J connectivity index is -0.000000107. The molecule has 0 radical (unpaired) electrons. The Morgan fingerprint density at radius 1 is 1.18 bits per heavy atom. The van der Waals surface area contributed by atoms with Crippen molar-refractivity contribution in [1.29, 1.82) is 0 Å². The monoisotopic (exact) mass is 196 g/mol. The van der Waals surface area contributed by atoms with Crippen molar-refractivity contribution in [2.45, 2.75) is 0 Å². The molecule has 0 fully saturated rings. The number of hydrogen-bond donors (Lipinski definition) is 6. The summed E-state index contributed by atoms with van der Waals surface area (Å²) in [5.74, 6) is -1.19. The zero-order chi connectivity index (χ0) is 8.78. The fraction of sp³-hybridized carbons (Fsp3) is 0.500. The van der Waals surface area contributed by atoms with Crippen LogP contribution in [0.25, 0.3) is 0 Å². The zero-order valence-corrected chi connectivity index (χ0v) is 5.80. The van der Waals surface area contributed by atoms with Crippen molar-refractivity contribution in [2.24, 2.45) is 0 Å². The van der Waals surface area contributed by atoms with Crippen molar-refractivity contribution in [3.8, 4) is 0 Å². The van der Waals surface area contributed by atoms with Crippen molar-refractivity contribution in [3.63, 3.8) is 0 Å². The maximum atomic E-state index is 9.12. The molecular formula is C2H9NaO7Si. The number of carboxylic acid groups (broad SMARTS) is 1. The summed E-state index contributed by atoms with van der Waals surface area (Å²) < 4.78 is 0. The van der Waals surface area contributed by atoms with Crippen LogP contribution in [0.1, 0.15) is 0 Å². The van der Waals surface area contributed by atoms with Crippen molar-refractivity contribution >= 4 is 44.6 Å². The fourth-order valence-corrected chi connectivity index (χ4v) is 0. The molecule has 0 aliphatic carbocycles. The van der Waals surface area contributed by atoms with E-state index < -0.39 is 21.6 Å². The van der Waals surface area contributed by atoms with Crippen LogP contribution in [0.3, 0.4) is 0 Å². The second kappa shape index (κ2) is 8.58. The van der Waals surface area contributed by atoms with Gasteiger partial charge in [0.15, 0.2) is 0 Å². The van der Waals surface area contributed by atoms with Crippen molar-refractivity contribution < 1.29 is 34.2 Å². The third kappa shape index (κ3) is 122. The van der Waals surface area contributed by atoms with Gasteiger partial charge in [0.1, 0.15) is 6.61 Å². The van der Waals surface area contributed by atoms with E-state index in [1.165, 1.54) is 0 Å². The first-order chi connectivity index (χ1) is 4.27. The van der Waals surface area contributed by atoms with Gasteiger partial charge in [-0.2, -0.15) is 0 Å². The first-order valence-electron chi connectivity index (χ1n) is 1.99. The van der Waals surface area contributed by atoms with Gasteiger partial charge in [-0.15, -0.1) is 0 Å². The molecule has 0 saturated carbocycles. The molecule has 0 saturated heterocycles. The van der Waals surface area contributed by atoms with E-state index in [0.29, 0.717) is 0 Å². The predicted octanol–water partition coefficient (Wildman–Crippen LogP) is -4.19. The van der Waals surface area contributed by atoms with Crippen LogP contribution >= 0.6 is 0 Å². The van der Waals surface area contributed by atoms with Crippen molar-refractivity contribution in [2.75, 3.05) is 6.61 Å². The third-order valence-electron chi connectivity index (χ3n) is 0.135. The number of rotatable bonds is 1. The molecule has 0 rings (SSSR count). The molecular weight excluding hydrogens is 187 g/mol. The average molecular weight is 196 g/mol. The molecule has 0 heterocycles. The summed E-state index contributed by atoms with van der Waals surface area (Å²) in [6.07, 6.45) is 0. The summed E-state index contributed by atoms with van der Waals surface area (Å²) in [5.41, 5.74) is 0. The molecule has 7 nitrogen and oxygen atoms in total. The molecule has 0 spiro atoms. The molecule has 64 valence electrons. The van der Waals surface area contributed by atoms with Gasteiger partial charge in [0.05, 0.1) is 0 Å². The van der Waals surface area contributed by atoms with Crippen LogP contribution in [0, 0.1) is 0 Å². The molecule has 0 unspecified atom stereocenters. The minimum atomic E-state index is -4.61. The summed E-state index contributed by atoms with van der Waals surface area (Å²) >= 11 is 0. The minimum absolute atomic E-state index is 0. The molecule has 0 bridgehead atoms. The van der Waals surface area contributed by atoms with Crippen LogP contribution in [0.2, 0.25) is 0 Å². The quantitative estimate of drug-likeness (QED) is 0.234. The van der Waals surface area contributed by atoms with E-state index >= 15 is 0 Å². The first kappa shape index (κ1) is 17.5. The molecule has 0 aliphatic heterocycles. The molecule has 0 aromatic carbocycles. The van der Waals surface area contributed by atoms with Gasteiger partial charge < -0.3 is 29.4 Å². The number of aliphatic carboxylic acids is 1. The normalized spacial score (nSPS) is 8.82. The number of hydrogen-bond acceptors (Lipinski definition) is 6. The number of aliphatic hydroxyl groups is 1. The van der Waals surface area contributed by atoms with Crippen LogP contribution in [0.15, 0.2) is 0 Å². The Labute approximate surface area is 85.3 Å². The van der Waals surface area contributed by atoms with Crippen LogP contribution in [-0.4, -0.2) is 80.6 Å². The summed E-state index contributed by atoms with van der Waals surface area (Å²) in [7, 11) is -4.61. The zero-order valence-electron chi connectivity index (χ0n) is 4.80. The van der Waals surface area contributed by atoms with Crippen LogP contribution < -0.4 is 0 Å². The number of carbonyl (C=O) groups is 1. The molecule has 9 heteroatoms. The van der Waals surface area contributed by atoms with Crippen LogP contribution in [0.4, 0.5) is 0 Å². The molecule has 6 N–H and O–H groups in total. The molecule has 0 aromatic heterocycles. The molecule has 0 atom stereocenters. The Bertz CT molecular complexity index is 93.1. The Hall–Kier alpha value is 0.487. The van der Waals surface area contributed by atoms with Crippen molar-refractivity contribution in [1.82, 2.24) is 0 Å². The summed E-state index contributed by atoms with van der Waals surface area (Å²) in [6, 6.07) is 0. The third-order valence-corrected chi connectivity index (χ3v) is 0.135. The van der Waals surface area contributed by atoms with Gasteiger partial charge in [0.25, 0.3) is 0 Å². The Morgan fingerprint density at radius 3 is 1.27 bits per heavy atom. The maximum absolute atomic E-state index is 9.12. The standard InChI is InChI=1S/C2H4O3.Na.H4O4Si.H/c3-1-2(4)5;;1-5(2,3)4;/h3H,1H2,(H,4,5);;1-4H;. The van der Waals surface area contributed by atoms with Crippen LogP contribution in [0.5, 0.6) is 0 Å². The van der Waals surface area contributed by atoms with Crippen molar-refractivity contribution in [3.05, 3.63) is 0 Å². The van der Waals surface area contributed by atoms with E-state index in [4.69, 9.17) is 34.2 Å². The van der Waals surface area contributed by atoms with Gasteiger partial charge in [-0.25, -0.2) is 4.79 Å². The van der Waals surface area contributed by atoms with E-state index in [9.17, 15) is 0 Å². The average Bonchev–Trinajstić information content (AvgIpc) is 1.61. The summed E-state index contributed by atoms with van der Waals surface area (Å²) in [6.45, 7) is -0.778. The van der Waals surface area contributed by atoms with Gasteiger partial charge >= 0.3 is 44.6 Å². The van der Waals surface area contributed by atoms with E-state index in [2.05, 4.69) is 0 Å². The number of carboxylic acids is 1. The van der Waals surface area contributed by atoms with Gasteiger partial charge in [-0.3, -0.25) is 0 Å². The predicted molar refractivity (Wildman–Crippen MR) is 36.5 cm³/mol. The molecule has 11 heavy (non-hydrogen) atoms. The Kier molecular flexibility index (Phi) is 13.7. The van der Waals surface area contributed by atoms with E-state index in [0.717, 1.165) is 0 Å². The van der Waals surface area contributed by atoms with Gasteiger partial charge in [0, 0.05) is 0 Å². The van der Waals surface area contributed by atoms with Gasteiger partial charge in [-0.05, 0) is 0 Å². The first-order valence-corrected chi connectivity index (χ1v) is 3.78. The summed E-state index contributed by atoms with van der Waals surface area (Å²) in [5, 5.41) is 15.0. The second-order valence-corrected chi connectivity index (χ2v) is 2.35. The number of aliphatic hydroxyl groups excluding tert-OH is 1. The SMILES string of the molecule is O=C(O)CO.O[Si](O)(O)O.[NaH]. The molecule has 0 aromatic rings. The van der Waals surface area contributed by atoms with Gasteiger partial charge in [0.2, 0.25) is 0 Å². The van der Waals surface area contributed by atoms with E-state index in [1.54, 1.807) is 0 Å². The van der Waals surface area contributed by atoms with Crippen LogP contribution in [-0.2, 0) is 4.79 Å². The fourth-order valence-electron chi connectivity index (χ4n) is 0. The topological polar surface area (TPSA) is 138 Å². The second-order valence-electron chi connectivity index (χ2n) is 1.15. The van der Waals surface area contributed by atoms with E-state index in [1.807, 2.05) is 0 Å². The Morgan fingerprint density at radius 2 is 1.27 bits per heavy atom.